The van der Waals surface area contributed by atoms with Crippen LogP contribution in [-0.2, 0) is 0 Å². The van der Waals surface area contributed by atoms with E-state index < -0.39 is 0 Å². The van der Waals surface area contributed by atoms with Crippen LogP contribution in [0.4, 0.5) is 17.1 Å². The lowest BCUT2D eigenvalue weighted by Crippen LogP contribution is -2.33. The summed E-state index contributed by atoms with van der Waals surface area (Å²) in [5.74, 6) is -0.380. The number of carbonyl (C=O) groups excluding carboxylic acids is 2. The van der Waals surface area contributed by atoms with Gasteiger partial charge in [-0.2, -0.15) is 0 Å². The molecule has 0 bridgehead atoms. The van der Waals surface area contributed by atoms with Gasteiger partial charge in [0.25, 0.3) is 0 Å². The molecule has 3 aromatic rings. The van der Waals surface area contributed by atoms with Gasteiger partial charge >= 0.3 is 0 Å². The second-order valence-electron chi connectivity index (χ2n) is 7.11. The van der Waals surface area contributed by atoms with Gasteiger partial charge in [0.15, 0.2) is 11.6 Å². The first-order chi connectivity index (χ1) is 13.5. The molecule has 5 heteroatoms. The minimum atomic E-state index is -0.206. The van der Waals surface area contributed by atoms with Gasteiger partial charge in [0, 0.05) is 22.5 Å². The molecule has 28 heavy (non-hydrogen) atoms. The molecule has 0 spiro atoms. The number of rotatable bonds is 4. The summed E-state index contributed by atoms with van der Waals surface area (Å²) in [7, 11) is 3.92. The van der Waals surface area contributed by atoms with E-state index in [2.05, 4.69) is 0 Å². The van der Waals surface area contributed by atoms with Gasteiger partial charge in [-0.1, -0.05) is 42.5 Å². The third-order valence-electron chi connectivity index (χ3n) is 4.87. The smallest absolute Gasteiger partial charge is 0.196 e. The molecule has 4 rings (SSSR count). The van der Waals surface area contributed by atoms with Crippen molar-refractivity contribution in [3.05, 3.63) is 89.0 Å². The predicted molar refractivity (Wildman–Crippen MR) is 111 cm³/mol. The number of carbonyl (C=O) groups is 2. The SMILES string of the molecule is CN(C)CN(c1ccccc1)c1ccc(N)c2c1C(=O)c1ccccc1C2=O. The molecule has 0 amide bonds. The number of nitrogen functional groups attached to an aromatic ring is 1. The van der Waals surface area contributed by atoms with Crippen LogP contribution in [0.5, 0.6) is 0 Å². The Hall–Kier alpha value is -3.44. The van der Waals surface area contributed by atoms with E-state index >= 15 is 0 Å². The summed E-state index contributed by atoms with van der Waals surface area (Å²) in [6, 6.07) is 20.2. The van der Waals surface area contributed by atoms with E-state index in [9.17, 15) is 9.59 Å². The van der Waals surface area contributed by atoms with Crippen molar-refractivity contribution in [1.82, 2.24) is 4.90 Å². The highest BCUT2D eigenvalue weighted by atomic mass is 16.1. The van der Waals surface area contributed by atoms with Gasteiger partial charge in [-0.3, -0.25) is 14.5 Å². The van der Waals surface area contributed by atoms with Crippen LogP contribution in [0.25, 0.3) is 0 Å². The Kier molecular flexibility index (Phi) is 4.45. The maximum absolute atomic E-state index is 13.4. The third kappa shape index (κ3) is 2.86. The summed E-state index contributed by atoms with van der Waals surface area (Å²) in [5, 5.41) is 0. The number of nitrogens with two attached hydrogens (primary N) is 1. The molecule has 0 saturated carbocycles. The van der Waals surface area contributed by atoms with Crippen molar-refractivity contribution in [3.63, 3.8) is 0 Å². The highest BCUT2D eigenvalue weighted by molar-refractivity contribution is 6.31. The van der Waals surface area contributed by atoms with Gasteiger partial charge in [-0.15, -0.1) is 0 Å². The number of benzene rings is 3. The summed E-state index contributed by atoms with van der Waals surface area (Å²) in [6.45, 7) is 0.545. The summed E-state index contributed by atoms with van der Waals surface area (Å²) in [5.41, 5.74) is 9.58. The van der Waals surface area contributed by atoms with E-state index in [0.717, 1.165) is 5.69 Å². The van der Waals surface area contributed by atoms with Crippen LogP contribution in [0.15, 0.2) is 66.7 Å². The second-order valence-corrected chi connectivity index (χ2v) is 7.11. The second kappa shape index (κ2) is 6.94. The molecule has 140 valence electrons. The molecule has 5 nitrogen and oxygen atoms in total. The van der Waals surface area contributed by atoms with E-state index in [1.165, 1.54) is 0 Å². The Morgan fingerprint density at radius 3 is 1.93 bits per heavy atom. The molecular formula is C23H21N3O2. The first kappa shape index (κ1) is 17.9. The van der Waals surface area contributed by atoms with E-state index in [1.807, 2.05) is 60.3 Å². The van der Waals surface area contributed by atoms with Gasteiger partial charge in [-0.05, 0) is 38.4 Å². The molecule has 1 aliphatic carbocycles. The predicted octanol–water partition coefficient (Wildman–Crippen LogP) is 3.70. The lowest BCUT2D eigenvalue weighted by atomic mass is 9.82. The van der Waals surface area contributed by atoms with Crippen molar-refractivity contribution >= 4 is 28.6 Å². The quantitative estimate of drug-likeness (QED) is 0.438. The first-order valence-electron chi connectivity index (χ1n) is 9.07. The average molecular weight is 371 g/mol. The van der Waals surface area contributed by atoms with Gasteiger partial charge in [0.2, 0.25) is 0 Å². The fourth-order valence-corrected chi connectivity index (χ4v) is 3.64. The normalized spacial score (nSPS) is 12.7. The van der Waals surface area contributed by atoms with Gasteiger partial charge in [0.05, 0.1) is 23.5 Å². The molecule has 1 aliphatic rings. The molecule has 0 aromatic heterocycles. The largest absolute Gasteiger partial charge is 0.398 e. The highest BCUT2D eigenvalue weighted by Gasteiger charge is 2.34. The van der Waals surface area contributed by atoms with E-state index in [1.54, 1.807) is 30.3 Å². The Labute approximate surface area is 164 Å². The Bertz CT molecular complexity index is 1070. The molecule has 0 heterocycles. The summed E-state index contributed by atoms with van der Waals surface area (Å²) in [6.07, 6.45) is 0. The fourth-order valence-electron chi connectivity index (χ4n) is 3.64. The van der Waals surface area contributed by atoms with Crippen molar-refractivity contribution in [2.45, 2.75) is 0 Å². The monoisotopic (exact) mass is 371 g/mol. The van der Waals surface area contributed by atoms with Crippen molar-refractivity contribution in [2.75, 3.05) is 31.4 Å². The van der Waals surface area contributed by atoms with Crippen LogP contribution in [0.2, 0.25) is 0 Å². The number of fused-ring (bicyclic) bond motifs is 2. The number of ketones is 2. The molecule has 0 saturated heterocycles. The van der Waals surface area contributed by atoms with Crippen molar-refractivity contribution < 1.29 is 9.59 Å². The topological polar surface area (TPSA) is 66.6 Å². The van der Waals surface area contributed by atoms with Crippen molar-refractivity contribution in [1.29, 1.82) is 0 Å². The maximum atomic E-state index is 13.4. The van der Waals surface area contributed by atoms with Gasteiger partial charge < -0.3 is 10.6 Å². The molecule has 0 radical (unpaired) electrons. The lowest BCUT2D eigenvalue weighted by Gasteiger charge is -2.32. The number of nitrogens with zero attached hydrogens (tertiary/aromatic N) is 2. The van der Waals surface area contributed by atoms with Crippen LogP contribution in [-0.4, -0.2) is 37.2 Å². The summed E-state index contributed by atoms with van der Waals surface area (Å²) < 4.78 is 0. The van der Waals surface area contributed by atoms with E-state index in [-0.39, 0.29) is 11.6 Å². The number of anilines is 3. The standard InChI is InChI=1S/C23H21N3O2/c1-25(2)14-26(15-8-4-3-5-9-15)19-13-12-18(24)20-21(19)23(28)17-11-7-6-10-16(17)22(20)27/h3-13H,14,24H2,1-2H3. The van der Waals surface area contributed by atoms with Gasteiger partial charge in [-0.25, -0.2) is 0 Å². The summed E-state index contributed by atoms with van der Waals surface area (Å²) >= 11 is 0. The molecule has 0 aliphatic heterocycles. The Balaban J connectivity index is 1.97. The molecule has 0 atom stereocenters. The average Bonchev–Trinajstić information content (AvgIpc) is 2.71. The zero-order valence-corrected chi connectivity index (χ0v) is 15.8. The molecule has 2 N–H and O–H groups in total. The zero-order chi connectivity index (χ0) is 19.8. The van der Waals surface area contributed by atoms with Crippen LogP contribution in [0.3, 0.4) is 0 Å². The highest BCUT2D eigenvalue weighted by Crippen LogP contribution is 2.39. The molecular weight excluding hydrogens is 350 g/mol. The Morgan fingerprint density at radius 2 is 1.32 bits per heavy atom. The van der Waals surface area contributed by atoms with Crippen LogP contribution in [0.1, 0.15) is 31.8 Å². The first-order valence-corrected chi connectivity index (χ1v) is 9.07. The Morgan fingerprint density at radius 1 is 0.750 bits per heavy atom. The van der Waals surface area contributed by atoms with Crippen molar-refractivity contribution in [2.24, 2.45) is 0 Å². The molecule has 3 aromatic carbocycles. The third-order valence-corrected chi connectivity index (χ3v) is 4.87. The lowest BCUT2D eigenvalue weighted by molar-refractivity contribution is 0.0980. The van der Waals surface area contributed by atoms with E-state index in [4.69, 9.17) is 5.73 Å². The van der Waals surface area contributed by atoms with Gasteiger partial charge in [0.1, 0.15) is 0 Å². The van der Waals surface area contributed by atoms with Crippen LogP contribution >= 0.6 is 0 Å². The molecule has 0 unspecified atom stereocenters. The number of hydrogen-bond acceptors (Lipinski definition) is 5. The minimum Gasteiger partial charge on any atom is -0.398 e. The van der Waals surface area contributed by atoms with Crippen molar-refractivity contribution in [3.8, 4) is 0 Å². The van der Waals surface area contributed by atoms with Crippen LogP contribution < -0.4 is 10.6 Å². The molecule has 0 fully saturated rings. The van der Waals surface area contributed by atoms with Crippen LogP contribution in [0, 0.1) is 0 Å². The minimum absolute atomic E-state index is 0.174. The van der Waals surface area contributed by atoms with E-state index in [0.29, 0.717) is 40.3 Å². The zero-order valence-electron chi connectivity index (χ0n) is 15.8. The summed E-state index contributed by atoms with van der Waals surface area (Å²) in [4.78, 5) is 30.6. The fraction of sp³-hybridized carbons (Fsp3) is 0.130. The maximum Gasteiger partial charge on any atom is 0.196 e. The number of hydrogen-bond donors (Lipinski definition) is 1. The number of para-hydroxylation sites is 1.